The molecule has 5 heteroatoms. The Balaban J connectivity index is 2.06. The van der Waals surface area contributed by atoms with Gasteiger partial charge in [0, 0.05) is 12.0 Å². The minimum atomic E-state index is -1.21. The van der Waals surface area contributed by atoms with Crippen LogP contribution in [0.4, 0.5) is 4.79 Å². The zero-order chi connectivity index (χ0) is 13.6. The van der Waals surface area contributed by atoms with Crippen molar-refractivity contribution in [3.8, 4) is 0 Å². The van der Waals surface area contributed by atoms with Crippen LogP contribution < -0.4 is 0 Å². The van der Waals surface area contributed by atoms with E-state index >= 15 is 0 Å². The minimum absolute atomic E-state index is 0.249. The molecular weight excluding hydrogens is 246 g/mol. The Hall–Kier alpha value is -2.17. The minimum Gasteiger partial charge on any atom is -0.427 e. The zero-order valence-electron chi connectivity index (χ0n) is 10.5. The number of hydrogen-bond acceptors (Lipinski definition) is 4. The molecule has 1 atom stereocenters. The molecule has 1 aliphatic carbocycles. The summed E-state index contributed by atoms with van der Waals surface area (Å²) < 4.78 is 5.33. The van der Waals surface area contributed by atoms with Gasteiger partial charge in [0.05, 0.1) is 6.54 Å². The maximum absolute atomic E-state index is 12.4. The van der Waals surface area contributed by atoms with Crippen molar-refractivity contribution in [2.75, 3.05) is 6.54 Å². The van der Waals surface area contributed by atoms with Gasteiger partial charge in [0.1, 0.15) is 6.29 Å². The highest BCUT2D eigenvalue weighted by molar-refractivity contribution is 6.05. The molecule has 1 aromatic rings. The van der Waals surface area contributed by atoms with Crippen molar-refractivity contribution in [2.45, 2.75) is 25.4 Å². The smallest absolute Gasteiger partial charge is 0.418 e. The van der Waals surface area contributed by atoms with Crippen LogP contribution in [0.3, 0.4) is 0 Å². The second-order valence-corrected chi connectivity index (χ2v) is 4.94. The van der Waals surface area contributed by atoms with Crippen LogP contribution in [0.5, 0.6) is 0 Å². The number of carbonyl (C=O) groups is 3. The van der Waals surface area contributed by atoms with Crippen molar-refractivity contribution in [3.05, 3.63) is 34.9 Å². The first kappa shape index (κ1) is 11.9. The van der Waals surface area contributed by atoms with Crippen LogP contribution in [0.15, 0.2) is 18.2 Å². The van der Waals surface area contributed by atoms with Crippen LogP contribution in [-0.4, -0.2) is 29.7 Å². The Kier molecular flexibility index (Phi) is 2.45. The number of nitrogens with zero attached hydrogens (tertiary/aromatic N) is 1. The van der Waals surface area contributed by atoms with Gasteiger partial charge in [-0.3, -0.25) is 4.79 Å². The fourth-order valence-corrected chi connectivity index (χ4v) is 2.88. The summed E-state index contributed by atoms with van der Waals surface area (Å²) in [5.41, 5.74) is 1.69. The lowest BCUT2D eigenvalue weighted by atomic mass is 9.94. The molecule has 2 amide bonds. The van der Waals surface area contributed by atoms with Gasteiger partial charge >= 0.3 is 6.09 Å². The summed E-state index contributed by atoms with van der Waals surface area (Å²) in [6.45, 7) is 1.73. The first-order valence-corrected chi connectivity index (χ1v) is 6.17. The normalized spacial score (nSPS) is 24.8. The second kappa shape index (κ2) is 3.91. The van der Waals surface area contributed by atoms with E-state index in [1.54, 1.807) is 0 Å². The SMILES string of the molecule is Cc1ccc2c(c1)CC[C@@]21OC(=O)N(CC=O)C1=O. The van der Waals surface area contributed by atoms with E-state index in [1.807, 2.05) is 25.1 Å². The highest BCUT2D eigenvalue weighted by atomic mass is 16.6. The molecule has 5 nitrogen and oxygen atoms in total. The van der Waals surface area contributed by atoms with Gasteiger partial charge in [-0.2, -0.15) is 0 Å². The Bertz CT molecular complexity index is 595. The van der Waals surface area contributed by atoms with Crippen molar-refractivity contribution in [3.63, 3.8) is 0 Å². The van der Waals surface area contributed by atoms with Gasteiger partial charge < -0.3 is 9.53 Å². The summed E-state index contributed by atoms with van der Waals surface area (Å²) in [6, 6.07) is 5.75. The quantitative estimate of drug-likeness (QED) is 0.751. The number of carbonyl (C=O) groups excluding carboxylic acids is 3. The molecule has 0 radical (unpaired) electrons. The van der Waals surface area contributed by atoms with Gasteiger partial charge in [0.25, 0.3) is 5.91 Å². The van der Waals surface area contributed by atoms with E-state index in [0.717, 1.165) is 21.6 Å². The summed E-state index contributed by atoms with van der Waals surface area (Å²) >= 11 is 0. The van der Waals surface area contributed by atoms with Crippen LogP contribution in [0, 0.1) is 6.92 Å². The summed E-state index contributed by atoms with van der Waals surface area (Å²) in [5, 5.41) is 0. The number of benzene rings is 1. The van der Waals surface area contributed by atoms with Gasteiger partial charge in [-0.05, 0) is 18.9 Å². The van der Waals surface area contributed by atoms with E-state index in [4.69, 9.17) is 4.74 Å². The Morgan fingerprint density at radius 1 is 1.42 bits per heavy atom. The largest absolute Gasteiger partial charge is 0.427 e. The Morgan fingerprint density at radius 2 is 2.21 bits per heavy atom. The van der Waals surface area contributed by atoms with Crippen LogP contribution in [0.25, 0.3) is 0 Å². The van der Waals surface area contributed by atoms with E-state index in [-0.39, 0.29) is 6.54 Å². The maximum atomic E-state index is 12.4. The molecule has 1 fully saturated rings. The van der Waals surface area contributed by atoms with Crippen LogP contribution in [0.2, 0.25) is 0 Å². The number of amides is 2. The molecule has 19 heavy (non-hydrogen) atoms. The lowest BCUT2D eigenvalue weighted by Gasteiger charge is -2.20. The van der Waals surface area contributed by atoms with Crippen molar-refractivity contribution in [1.82, 2.24) is 4.90 Å². The molecule has 3 rings (SSSR count). The number of rotatable bonds is 2. The first-order chi connectivity index (χ1) is 9.08. The van der Waals surface area contributed by atoms with Crippen LogP contribution >= 0.6 is 0 Å². The molecular formula is C14H13NO4. The zero-order valence-corrected chi connectivity index (χ0v) is 10.5. The van der Waals surface area contributed by atoms with Crippen molar-refractivity contribution < 1.29 is 19.1 Å². The van der Waals surface area contributed by atoms with Gasteiger partial charge in [0.2, 0.25) is 5.60 Å². The van der Waals surface area contributed by atoms with E-state index in [1.165, 1.54) is 0 Å². The third-order valence-corrected chi connectivity index (χ3v) is 3.77. The lowest BCUT2D eigenvalue weighted by molar-refractivity contribution is -0.138. The fraction of sp³-hybridized carbons (Fsp3) is 0.357. The van der Waals surface area contributed by atoms with Crippen LogP contribution in [-0.2, 0) is 26.3 Å². The molecule has 0 bridgehead atoms. The standard InChI is InChI=1S/C14H13NO4/c1-9-2-3-11-10(8-9)4-5-14(11)12(17)15(6-7-16)13(18)19-14/h2-3,7-8H,4-6H2,1H3/t14-/m1/s1. The van der Waals surface area contributed by atoms with Crippen LogP contribution in [0.1, 0.15) is 23.1 Å². The maximum Gasteiger partial charge on any atom is 0.418 e. The Morgan fingerprint density at radius 3 is 2.95 bits per heavy atom. The number of fused-ring (bicyclic) bond motifs is 2. The second-order valence-electron chi connectivity index (χ2n) is 4.94. The van der Waals surface area contributed by atoms with E-state index in [2.05, 4.69) is 0 Å². The van der Waals surface area contributed by atoms with Crippen molar-refractivity contribution in [1.29, 1.82) is 0 Å². The highest BCUT2D eigenvalue weighted by Crippen LogP contribution is 2.45. The monoisotopic (exact) mass is 259 g/mol. The van der Waals surface area contributed by atoms with Gasteiger partial charge in [-0.25, -0.2) is 9.69 Å². The third-order valence-electron chi connectivity index (χ3n) is 3.77. The number of aldehydes is 1. The predicted octanol–water partition coefficient (Wildman–Crippen LogP) is 1.31. The first-order valence-electron chi connectivity index (χ1n) is 6.17. The predicted molar refractivity (Wildman–Crippen MR) is 65.4 cm³/mol. The summed E-state index contributed by atoms with van der Waals surface area (Å²) in [4.78, 5) is 35.6. The average molecular weight is 259 g/mol. The molecule has 98 valence electrons. The molecule has 2 aliphatic rings. The van der Waals surface area contributed by atoms with Crippen molar-refractivity contribution >= 4 is 18.3 Å². The molecule has 1 aliphatic heterocycles. The van der Waals surface area contributed by atoms with E-state index in [0.29, 0.717) is 19.1 Å². The van der Waals surface area contributed by atoms with E-state index in [9.17, 15) is 14.4 Å². The lowest BCUT2D eigenvalue weighted by Crippen LogP contribution is -2.38. The molecule has 1 heterocycles. The van der Waals surface area contributed by atoms with E-state index < -0.39 is 17.6 Å². The topological polar surface area (TPSA) is 63.7 Å². The molecule has 1 saturated heterocycles. The van der Waals surface area contributed by atoms with Crippen molar-refractivity contribution in [2.24, 2.45) is 0 Å². The summed E-state index contributed by atoms with van der Waals surface area (Å²) in [5.74, 6) is -0.424. The molecule has 0 unspecified atom stereocenters. The van der Waals surface area contributed by atoms with Gasteiger partial charge in [0.15, 0.2) is 0 Å². The summed E-state index contributed by atoms with van der Waals surface area (Å²) in [7, 11) is 0. The molecule has 0 saturated carbocycles. The number of aryl methyl sites for hydroxylation is 2. The average Bonchev–Trinajstić information content (AvgIpc) is 2.84. The molecule has 0 aromatic heterocycles. The fourth-order valence-electron chi connectivity index (χ4n) is 2.88. The van der Waals surface area contributed by atoms with Gasteiger partial charge in [-0.1, -0.05) is 23.8 Å². The molecule has 1 spiro atoms. The van der Waals surface area contributed by atoms with Gasteiger partial charge in [-0.15, -0.1) is 0 Å². The number of imide groups is 1. The number of hydrogen-bond donors (Lipinski definition) is 0. The Labute approximate surface area is 110 Å². The number of ether oxygens (including phenoxy) is 1. The molecule has 0 N–H and O–H groups in total. The molecule has 1 aromatic carbocycles. The highest BCUT2D eigenvalue weighted by Gasteiger charge is 2.57. The summed E-state index contributed by atoms with van der Waals surface area (Å²) in [6.07, 6.45) is 0.949. The third kappa shape index (κ3) is 1.51.